The Labute approximate surface area is 116 Å². The van der Waals surface area contributed by atoms with Crippen LogP contribution in [0.25, 0.3) is 0 Å². The number of hydrogen-bond donors (Lipinski definition) is 2. The smallest absolute Gasteiger partial charge is 0.344 e. The van der Waals surface area contributed by atoms with Gasteiger partial charge in [-0.3, -0.25) is 5.21 Å². The van der Waals surface area contributed by atoms with Crippen molar-refractivity contribution in [3.63, 3.8) is 0 Å². The Morgan fingerprint density at radius 2 is 2.05 bits per heavy atom. The van der Waals surface area contributed by atoms with Crippen molar-refractivity contribution in [2.24, 2.45) is 10.1 Å². The molecule has 3 aliphatic heterocycles. The Bertz CT molecular complexity index is 558. The molecule has 0 aromatic carbocycles. The van der Waals surface area contributed by atoms with Crippen LogP contribution in [-0.4, -0.2) is 71.5 Å². The van der Waals surface area contributed by atoms with Gasteiger partial charge >= 0.3 is 16.2 Å². The average molecular weight is 303 g/mol. The summed E-state index contributed by atoms with van der Waals surface area (Å²) in [5.41, 5.74) is 5.79. The van der Waals surface area contributed by atoms with Gasteiger partial charge in [0.1, 0.15) is 5.84 Å². The van der Waals surface area contributed by atoms with Crippen molar-refractivity contribution in [2.75, 3.05) is 19.6 Å². The van der Waals surface area contributed by atoms with Gasteiger partial charge in [0.15, 0.2) is 0 Å². The molecule has 0 aromatic rings. The van der Waals surface area contributed by atoms with Crippen LogP contribution in [0.15, 0.2) is 4.40 Å². The van der Waals surface area contributed by atoms with Gasteiger partial charge in [-0.25, -0.2) is 9.86 Å². The summed E-state index contributed by atoms with van der Waals surface area (Å²) in [5, 5.41) is 10.3. The highest BCUT2D eigenvalue weighted by molar-refractivity contribution is 7.88. The molecule has 0 saturated carbocycles. The summed E-state index contributed by atoms with van der Waals surface area (Å²) in [6.07, 6.45) is 1.89. The van der Waals surface area contributed by atoms with E-state index in [0.717, 1.165) is 6.42 Å². The molecule has 0 unspecified atom stereocenters. The molecular weight excluding hydrogens is 286 g/mol. The van der Waals surface area contributed by atoms with Crippen LogP contribution in [0.5, 0.6) is 0 Å². The maximum atomic E-state index is 11.9. The average Bonchev–Trinajstić information content (AvgIpc) is 2.51. The molecule has 112 valence electrons. The van der Waals surface area contributed by atoms with Crippen LogP contribution in [0.4, 0.5) is 4.79 Å². The molecule has 10 heteroatoms. The third-order valence-electron chi connectivity index (χ3n) is 4.05. The zero-order valence-corrected chi connectivity index (χ0v) is 11.7. The second kappa shape index (κ2) is 4.57. The van der Waals surface area contributed by atoms with Gasteiger partial charge < -0.3 is 10.6 Å². The molecule has 20 heavy (non-hydrogen) atoms. The molecule has 3 N–H and O–H groups in total. The standard InChI is InChI=1S/C10H17N5O4S/c11-9(12-20(18,19)13-4-1-5-13)8-3-2-7-6-14(8)10(16)15(7)17/h7-8,17H,1-6H2,(H2,11,12)/t7-,8+/m1/s1. The van der Waals surface area contributed by atoms with Crippen molar-refractivity contribution < 1.29 is 18.4 Å². The lowest BCUT2D eigenvalue weighted by Gasteiger charge is -2.31. The summed E-state index contributed by atoms with van der Waals surface area (Å²) in [6, 6.07) is -1.34. The Morgan fingerprint density at radius 1 is 1.35 bits per heavy atom. The molecule has 0 spiro atoms. The van der Waals surface area contributed by atoms with Gasteiger partial charge in [-0.15, -0.1) is 4.40 Å². The minimum atomic E-state index is -3.74. The van der Waals surface area contributed by atoms with Crippen molar-refractivity contribution in [1.82, 2.24) is 14.3 Å². The third-order valence-corrected chi connectivity index (χ3v) is 5.51. The highest BCUT2D eigenvalue weighted by Crippen LogP contribution is 2.28. The van der Waals surface area contributed by atoms with Crippen molar-refractivity contribution in [1.29, 1.82) is 0 Å². The number of rotatable bonds is 3. The molecule has 3 aliphatic rings. The maximum Gasteiger partial charge on any atom is 0.344 e. The van der Waals surface area contributed by atoms with Crippen LogP contribution in [0, 0.1) is 0 Å². The van der Waals surface area contributed by atoms with Gasteiger partial charge in [-0.1, -0.05) is 0 Å². The molecule has 9 nitrogen and oxygen atoms in total. The fourth-order valence-corrected chi connectivity index (χ4v) is 3.95. The minimum absolute atomic E-state index is 0.0843. The van der Waals surface area contributed by atoms with E-state index < -0.39 is 22.3 Å². The number of fused-ring (bicyclic) bond motifs is 2. The number of carbonyl (C=O) groups excluding carboxylic acids is 1. The summed E-state index contributed by atoms with van der Waals surface area (Å²) in [6.45, 7) is 1.26. The Morgan fingerprint density at radius 3 is 2.65 bits per heavy atom. The number of hydroxylamine groups is 2. The van der Waals surface area contributed by atoms with E-state index in [4.69, 9.17) is 5.73 Å². The Hall–Kier alpha value is -1.39. The van der Waals surface area contributed by atoms with E-state index in [1.165, 1.54) is 9.21 Å². The molecule has 3 saturated heterocycles. The van der Waals surface area contributed by atoms with Gasteiger partial charge in [-0.05, 0) is 19.3 Å². The lowest BCUT2D eigenvalue weighted by atomic mass is 10.0. The summed E-state index contributed by atoms with van der Waals surface area (Å²) >= 11 is 0. The first-order chi connectivity index (χ1) is 9.40. The lowest BCUT2D eigenvalue weighted by Crippen LogP contribution is -2.49. The SMILES string of the molecule is NC(=NS(=O)(=O)N1CCC1)[C@@H]1CC[C@@H]2CN1C(=O)N2O. The van der Waals surface area contributed by atoms with E-state index in [1.54, 1.807) is 0 Å². The van der Waals surface area contributed by atoms with E-state index in [9.17, 15) is 18.4 Å². The number of nitrogens with two attached hydrogens (primary N) is 1. The molecule has 0 aliphatic carbocycles. The van der Waals surface area contributed by atoms with E-state index in [-0.39, 0.29) is 11.9 Å². The molecule has 0 aromatic heterocycles. The van der Waals surface area contributed by atoms with Crippen LogP contribution >= 0.6 is 0 Å². The molecule has 2 amide bonds. The summed E-state index contributed by atoms with van der Waals surface area (Å²) in [4.78, 5) is 13.2. The minimum Gasteiger partial charge on any atom is -0.385 e. The number of amidine groups is 1. The first kappa shape index (κ1) is 13.6. The van der Waals surface area contributed by atoms with E-state index in [2.05, 4.69) is 4.40 Å². The van der Waals surface area contributed by atoms with E-state index >= 15 is 0 Å². The van der Waals surface area contributed by atoms with Crippen molar-refractivity contribution in [3.8, 4) is 0 Å². The molecule has 3 heterocycles. The highest BCUT2D eigenvalue weighted by atomic mass is 32.2. The van der Waals surface area contributed by atoms with Gasteiger partial charge in [0, 0.05) is 19.6 Å². The second-order valence-corrected chi connectivity index (χ2v) is 6.87. The first-order valence-corrected chi connectivity index (χ1v) is 7.94. The number of amides is 2. The molecule has 2 atom stereocenters. The van der Waals surface area contributed by atoms with Crippen LogP contribution in [0.2, 0.25) is 0 Å². The summed E-state index contributed by atoms with van der Waals surface area (Å²) in [7, 11) is -3.74. The quantitative estimate of drug-likeness (QED) is 0.392. The first-order valence-electron chi connectivity index (χ1n) is 6.54. The molecule has 3 rings (SSSR count). The van der Waals surface area contributed by atoms with Crippen LogP contribution in [0.3, 0.4) is 0 Å². The van der Waals surface area contributed by atoms with Gasteiger partial charge in [-0.2, -0.15) is 12.7 Å². The zero-order chi connectivity index (χ0) is 14.5. The largest absolute Gasteiger partial charge is 0.385 e. The number of urea groups is 1. The van der Waals surface area contributed by atoms with Gasteiger partial charge in [0.25, 0.3) is 0 Å². The zero-order valence-electron chi connectivity index (χ0n) is 10.8. The predicted octanol–water partition coefficient (Wildman–Crippen LogP) is -1.05. The van der Waals surface area contributed by atoms with Crippen molar-refractivity contribution in [2.45, 2.75) is 31.3 Å². The second-order valence-electron chi connectivity index (χ2n) is 5.27. The molecule has 3 fully saturated rings. The number of hydrogen-bond acceptors (Lipinski definition) is 4. The third kappa shape index (κ3) is 2.03. The van der Waals surface area contributed by atoms with Crippen LogP contribution in [0.1, 0.15) is 19.3 Å². The van der Waals surface area contributed by atoms with E-state index in [0.29, 0.717) is 37.5 Å². The number of piperidine rings is 1. The van der Waals surface area contributed by atoms with Crippen molar-refractivity contribution in [3.05, 3.63) is 0 Å². The summed E-state index contributed by atoms with van der Waals surface area (Å²) < 4.78 is 28.7. The van der Waals surface area contributed by atoms with Crippen molar-refractivity contribution >= 4 is 22.1 Å². The predicted molar refractivity (Wildman–Crippen MR) is 69.3 cm³/mol. The Kier molecular flexibility index (Phi) is 3.10. The van der Waals surface area contributed by atoms with Gasteiger partial charge in [0.2, 0.25) is 0 Å². The van der Waals surface area contributed by atoms with Crippen LogP contribution < -0.4 is 5.73 Å². The van der Waals surface area contributed by atoms with Gasteiger partial charge in [0.05, 0.1) is 12.1 Å². The van der Waals surface area contributed by atoms with Crippen LogP contribution in [-0.2, 0) is 10.2 Å². The summed E-state index contributed by atoms with van der Waals surface area (Å²) in [5.74, 6) is -0.0843. The highest BCUT2D eigenvalue weighted by Gasteiger charge is 2.46. The lowest BCUT2D eigenvalue weighted by molar-refractivity contribution is -0.0583. The molecular formula is C10H17N5O4S. The monoisotopic (exact) mass is 303 g/mol. The number of carbonyl (C=O) groups is 1. The number of nitrogens with zero attached hydrogens (tertiary/aromatic N) is 4. The fourth-order valence-electron chi connectivity index (χ4n) is 2.73. The topological polar surface area (TPSA) is 120 Å². The Balaban J connectivity index is 1.80. The molecule has 2 bridgehead atoms. The fraction of sp³-hybridized carbons (Fsp3) is 0.800. The normalized spacial score (nSPS) is 31.6. The molecule has 0 radical (unpaired) electrons. The maximum absolute atomic E-state index is 11.9. The van der Waals surface area contributed by atoms with E-state index in [1.807, 2.05) is 0 Å².